The van der Waals surface area contributed by atoms with Crippen molar-refractivity contribution in [3.05, 3.63) is 82.6 Å². The van der Waals surface area contributed by atoms with E-state index in [-0.39, 0.29) is 12.0 Å². The van der Waals surface area contributed by atoms with Crippen molar-refractivity contribution in [3.63, 3.8) is 0 Å². The number of amides is 1. The molecule has 0 fully saturated rings. The highest BCUT2D eigenvalue weighted by Gasteiger charge is 2.13. The SMILES string of the molecule is COC(CNC(=O)c1ccc(-c2ccccc2)cc1)c1ccsc1. The summed E-state index contributed by atoms with van der Waals surface area (Å²) in [6.45, 7) is 0.451. The highest BCUT2D eigenvalue weighted by atomic mass is 32.1. The number of thiophene rings is 1. The van der Waals surface area contributed by atoms with Crippen LogP contribution in [0.15, 0.2) is 71.4 Å². The molecule has 0 saturated carbocycles. The monoisotopic (exact) mass is 337 g/mol. The average Bonchev–Trinajstić information content (AvgIpc) is 3.17. The van der Waals surface area contributed by atoms with E-state index in [1.165, 1.54) is 0 Å². The first-order valence-corrected chi connectivity index (χ1v) is 8.71. The van der Waals surface area contributed by atoms with Crippen molar-refractivity contribution in [3.8, 4) is 11.1 Å². The van der Waals surface area contributed by atoms with E-state index in [0.717, 1.165) is 16.7 Å². The molecule has 122 valence electrons. The van der Waals surface area contributed by atoms with Gasteiger partial charge in [-0.3, -0.25) is 4.79 Å². The second-order valence-corrected chi connectivity index (χ2v) is 6.21. The normalized spacial score (nSPS) is 11.9. The van der Waals surface area contributed by atoms with Crippen LogP contribution in [-0.2, 0) is 4.74 Å². The van der Waals surface area contributed by atoms with Crippen molar-refractivity contribution in [1.29, 1.82) is 0 Å². The molecule has 3 rings (SSSR count). The highest BCUT2D eigenvalue weighted by molar-refractivity contribution is 7.07. The minimum Gasteiger partial charge on any atom is -0.375 e. The van der Waals surface area contributed by atoms with Crippen molar-refractivity contribution >= 4 is 17.2 Å². The molecule has 4 heteroatoms. The number of nitrogens with one attached hydrogen (secondary N) is 1. The summed E-state index contributed by atoms with van der Waals surface area (Å²) in [4.78, 5) is 12.3. The van der Waals surface area contributed by atoms with Gasteiger partial charge in [-0.2, -0.15) is 11.3 Å². The van der Waals surface area contributed by atoms with Crippen LogP contribution in [0.2, 0.25) is 0 Å². The Morgan fingerprint density at radius 2 is 1.75 bits per heavy atom. The lowest BCUT2D eigenvalue weighted by molar-refractivity contribution is 0.0829. The summed E-state index contributed by atoms with van der Waals surface area (Å²) in [7, 11) is 1.66. The molecule has 1 aromatic heterocycles. The van der Waals surface area contributed by atoms with Gasteiger partial charge < -0.3 is 10.1 Å². The Bertz CT molecular complexity index is 767. The number of benzene rings is 2. The van der Waals surface area contributed by atoms with E-state index in [1.54, 1.807) is 18.4 Å². The first kappa shape index (κ1) is 16.4. The van der Waals surface area contributed by atoms with Crippen LogP contribution >= 0.6 is 11.3 Å². The predicted molar refractivity (Wildman–Crippen MR) is 98.3 cm³/mol. The third-order valence-electron chi connectivity index (χ3n) is 3.90. The van der Waals surface area contributed by atoms with E-state index in [2.05, 4.69) is 17.4 Å². The number of ether oxygens (including phenoxy) is 1. The van der Waals surface area contributed by atoms with E-state index in [9.17, 15) is 4.79 Å². The first-order valence-electron chi connectivity index (χ1n) is 7.76. The Hall–Kier alpha value is -2.43. The Kier molecular flexibility index (Phi) is 5.41. The van der Waals surface area contributed by atoms with Gasteiger partial charge in [0.1, 0.15) is 6.10 Å². The van der Waals surface area contributed by atoms with Gasteiger partial charge in [-0.25, -0.2) is 0 Å². The Balaban J connectivity index is 1.63. The lowest BCUT2D eigenvalue weighted by Crippen LogP contribution is -2.28. The van der Waals surface area contributed by atoms with E-state index in [0.29, 0.717) is 12.1 Å². The van der Waals surface area contributed by atoms with Gasteiger partial charge in [0.25, 0.3) is 5.91 Å². The molecule has 2 aromatic carbocycles. The zero-order chi connectivity index (χ0) is 16.8. The fraction of sp³-hybridized carbons (Fsp3) is 0.150. The Morgan fingerprint density at radius 3 is 2.38 bits per heavy atom. The largest absolute Gasteiger partial charge is 0.375 e. The van der Waals surface area contributed by atoms with Gasteiger partial charge in [0, 0.05) is 19.2 Å². The topological polar surface area (TPSA) is 38.3 Å². The molecule has 1 amide bonds. The van der Waals surface area contributed by atoms with Gasteiger partial charge in [0.15, 0.2) is 0 Å². The van der Waals surface area contributed by atoms with Gasteiger partial charge in [-0.05, 0) is 45.6 Å². The first-order chi connectivity index (χ1) is 11.8. The molecule has 0 aliphatic heterocycles. The van der Waals surface area contributed by atoms with Crippen LogP contribution in [0.25, 0.3) is 11.1 Å². The lowest BCUT2D eigenvalue weighted by Gasteiger charge is -2.15. The molecule has 0 radical (unpaired) electrons. The van der Waals surface area contributed by atoms with E-state index in [4.69, 9.17) is 4.74 Å². The van der Waals surface area contributed by atoms with Gasteiger partial charge >= 0.3 is 0 Å². The lowest BCUT2D eigenvalue weighted by atomic mass is 10.0. The summed E-state index contributed by atoms with van der Waals surface area (Å²) < 4.78 is 5.45. The second-order valence-electron chi connectivity index (χ2n) is 5.43. The molecule has 1 atom stereocenters. The van der Waals surface area contributed by atoms with Crippen molar-refractivity contribution in [1.82, 2.24) is 5.32 Å². The van der Waals surface area contributed by atoms with Crippen molar-refractivity contribution in [2.24, 2.45) is 0 Å². The van der Waals surface area contributed by atoms with Crippen LogP contribution in [-0.4, -0.2) is 19.6 Å². The number of rotatable bonds is 6. The number of methoxy groups -OCH3 is 1. The number of carbonyl (C=O) groups excluding carboxylic acids is 1. The van der Waals surface area contributed by atoms with Gasteiger partial charge in [0.05, 0.1) is 0 Å². The second kappa shape index (κ2) is 7.90. The zero-order valence-corrected chi connectivity index (χ0v) is 14.3. The van der Waals surface area contributed by atoms with Crippen LogP contribution in [0.3, 0.4) is 0 Å². The fourth-order valence-electron chi connectivity index (χ4n) is 2.53. The quantitative estimate of drug-likeness (QED) is 0.717. The average molecular weight is 337 g/mol. The molecule has 0 aliphatic rings. The van der Waals surface area contributed by atoms with Crippen LogP contribution in [0.4, 0.5) is 0 Å². The predicted octanol–water partition coefficient (Wildman–Crippen LogP) is 4.53. The maximum absolute atomic E-state index is 12.3. The van der Waals surface area contributed by atoms with Crippen molar-refractivity contribution in [2.45, 2.75) is 6.10 Å². The maximum Gasteiger partial charge on any atom is 0.251 e. The summed E-state index contributed by atoms with van der Waals surface area (Å²) in [5.74, 6) is -0.0908. The smallest absolute Gasteiger partial charge is 0.251 e. The summed E-state index contributed by atoms with van der Waals surface area (Å²) in [6.07, 6.45) is -0.121. The summed E-state index contributed by atoms with van der Waals surface area (Å²) in [6, 6.07) is 19.8. The third kappa shape index (κ3) is 3.91. The van der Waals surface area contributed by atoms with Gasteiger partial charge in [0.2, 0.25) is 0 Å². The molecule has 1 unspecified atom stereocenters. The van der Waals surface area contributed by atoms with Gasteiger partial charge in [-0.15, -0.1) is 0 Å². The van der Waals surface area contributed by atoms with Crippen LogP contribution in [0, 0.1) is 0 Å². The van der Waals surface area contributed by atoms with Crippen LogP contribution in [0.5, 0.6) is 0 Å². The maximum atomic E-state index is 12.3. The standard InChI is InChI=1S/C20H19NO2S/c1-23-19(18-11-12-24-14-18)13-21-20(22)17-9-7-16(8-10-17)15-5-3-2-4-6-15/h2-12,14,19H,13H2,1H3,(H,21,22). The van der Waals surface area contributed by atoms with Crippen molar-refractivity contribution < 1.29 is 9.53 Å². The Labute approximate surface area is 145 Å². The van der Waals surface area contributed by atoms with E-state index in [1.807, 2.05) is 59.3 Å². The number of hydrogen-bond acceptors (Lipinski definition) is 3. The molecular weight excluding hydrogens is 318 g/mol. The molecule has 0 saturated heterocycles. The van der Waals surface area contributed by atoms with E-state index < -0.39 is 0 Å². The number of carbonyl (C=O) groups is 1. The highest BCUT2D eigenvalue weighted by Crippen LogP contribution is 2.20. The minimum atomic E-state index is -0.121. The summed E-state index contributed by atoms with van der Waals surface area (Å²) in [5, 5.41) is 6.98. The molecule has 1 N–H and O–H groups in total. The molecule has 3 nitrogen and oxygen atoms in total. The molecule has 0 aliphatic carbocycles. The molecule has 0 bridgehead atoms. The van der Waals surface area contributed by atoms with E-state index >= 15 is 0 Å². The third-order valence-corrected chi connectivity index (χ3v) is 4.60. The summed E-state index contributed by atoms with van der Waals surface area (Å²) in [5.41, 5.74) is 3.97. The van der Waals surface area contributed by atoms with Gasteiger partial charge in [-0.1, -0.05) is 42.5 Å². The number of hydrogen-bond donors (Lipinski definition) is 1. The minimum absolute atomic E-state index is 0.0908. The molecule has 3 aromatic rings. The van der Waals surface area contributed by atoms with Crippen LogP contribution in [0.1, 0.15) is 22.0 Å². The summed E-state index contributed by atoms with van der Waals surface area (Å²) >= 11 is 1.62. The van der Waals surface area contributed by atoms with Crippen molar-refractivity contribution in [2.75, 3.05) is 13.7 Å². The zero-order valence-electron chi connectivity index (χ0n) is 13.4. The van der Waals surface area contributed by atoms with Crippen LogP contribution < -0.4 is 5.32 Å². The molecule has 24 heavy (non-hydrogen) atoms. The molecular formula is C20H19NO2S. The Morgan fingerprint density at radius 1 is 1.04 bits per heavy atom. The fourth-order valence-corrected chi connectivity index (χ4v) is 3.23. The molecule has 0 spiro atoms. The molecule has 1 heterocycles.